The quantitative estimate of drug-likeness (QED) is 0.575. The van der Waals surface area contributed by atoms with E-state index in [1.165, 1.54) is 0 Å². The normalized spacial score (nSPS) is 11.1. The highest BCUT2D eigenvalue weighted by molar-refractivity contribution is 5.88. The van der Waals surface area contributed by atoms with Gasteiger partial charge < -0.3 is 9.64 Å². The van der Waals surface area contributed by atoms with Crippen molar-refractivity contribution in [2.75, 3.05) is 18.6 Å². The monoisotopic (exact) mass is 220 g/mol. The standard InChI is InChI=1S/C12H16N2O2/c1-4-16-12(15)10(2)9-14(3)11-5-7-13-8-6-11/h5-9H,4H2,1-3H3. The summed E-state index contributed by atoms with van der Waals surface area (Å²) in [5.41, 5.74) is 1.54. The van der Waals surface area contributed by atoms with Crippen LogP contribution < -0.4 is 4.90 Å². The zero-order valence-electron chi connectivity index (χ0n) is 9.80. The number of carbonyl (C=O) groups is 1. The molecule has 0 bridgehead atoms. The van der Waals surface area contributed by atoms with E-state index in [0.29, 0.717) is 12.2 Å². The summed E-state index contributed by atoms with van der Waals surface area (Å²) in [5.74, 6) is -0.289. The number of aromatic nitrogens is 1. The van der Waals surface area contributed by atoms with Crippen LogP contribution in [-0.2, 0) is 9.53 Å². The maximum absolute atomic E-state index is 11.4. The first-order chi connectivity index (χ1) is 7.65. The smallest absolute Gasteiger partial charge is 0.335 e. The predicted molar refractivity (Wildman–Crippen MR) is 63.0 cm³/mol. The summed E-state index contributed by atoms with van der Waals surface area (Å²) < 4.78 is 4.89. The van der Waals surface area contributed by atoms with Crippen molar-refractivity contribution in [2.45, 2.75) is 13.8 Å². The Morgan fingerprint density at radius 2 is 2.12 bits per heavy atom. The fraction of sp³-hybridized carbons (Fsp3) is 0.333. The molecule has 0 aliphatic carbocycles. The fourth-order valence-electron chi connectivity index (χ4n) is 1.24. The van der Waals surface area contributed by atoms with Crippen molar-refractivity contribution in [2.24, 2.45) is 0 Å². The molecule has 4 heteroatoms. The molecule has 0 radical (unpaired) electrons. The van der Waals surface area contributed by atoms with Crippen LogP contribution >= 0.6 is 0 Å². The van der Waals surface area contributed by atoms with Crippen LogP contribution in [0.3, 0.4) is 0 Å². The van der Waals surface area contributed by atoms with Gasteiger partial charge in [0.25, 0.3) is 0 Å². The molecule has 0 aliphatic heterocycles. The third-order valence-electron chi connectivity index (χ3n) is 2.05. The summed E-state index contributed by atoms with van der Waals surface area (Å²) in [4.78, 5) is 17.2. The molecule has 0 saturated heterocycles. The third kappa shape index (κ3) is 3.38. The number of esters is 1. The van der Waals surface area contributed by atoms with E-state index in [9.17, 15) is 4.79 Å². The van der Waals surface area contributed by atoms with E-state index in [1.54, 1.807) is 32.4 Å². The van der Waals surface area contributed by atoms with Crippen LogP contribution in [0.5, 0.6) is 0 Å². The predicted octanol–water partition coefficient (Wildman–Crippen LogP) is 1.98. The van der Waals surface area contributed by atoms with E-state index >= 15 is 0 Å². The first-order valence-corrected chi connectivity index (χ1v) is 5.13. The molecule has 4 nitrogen and oxygen atoms in total. The Morgan fingerprint density at radius 1 is 1.50 bits per heavy atom. The van der Waals surface area contributed by atoms with Crippen molar-refractivity contribution in [3.8, 4) is 0 Å². The molecule has 86 valence electrons. The number of rotatable bonds is 4. The van der Waals surface area contributed by atoms with Crippen molar-refractivity contribution >= 4 is 11.7 Å². The van der Waals surface area contributed by atoms with E-state index in [2.05, 4.69) is 4.98 Å². The molecular formula is C12H16N2O2. The number of hydrogen-bond donors (Lipinski definition) is 0. The molecular weight excluding hydrogens is 204 g/mol. The SMILES string of the molecule is CCOC(=O)C(C)=CN(C)c1ccncc1. The van der Waals surface area contributed by atoms with Gasteiger partial charge in [-0.15, -0.1) is 0 Å². The first kappa shape index (κ1) is 12.2. The van der Waals surface area contributed by atoms with Gasteiger partial charge >= 0.3 is 5.97 Å². The minimum atomic E-state index is -0.289. The van der Waals surface area contributed by atoms with Crippen LogP contribution in [0.15, 0.2) is 36.3 Å². The molecule has 16 heavy (non-hydrogen) atoms. The van der Waals surface area contributed by atoms with Gasteiger partial charge in [-0.25, -0.2) is 4.79 Å². The molecule has 0 amide bonds. The molecule has 0 N–H and O–H groups in total. The molecule has 0 aliphatic rings. The Labute approximate surface area is 95.6 Å². The van der Waals surface area contributed by atoms with Gasteiger partial charge in [0.1, 0.15) is 0 Å². The summed E-state index contributed by atoms with van der Waals surface area (Å²) in [7, 11) is 1.87. The minimum absolute atomic E-state index is 0.289. The highest BCUT2D eigenvalue weighted by Crippen LogP contribution is 2.11. The molecule has 1 heterocycles. The summed E-state index contributed by atoms with van der Waals surface area (Å²) in [6.07, 6.45) is 5.16. The Morgan fingerprint density at radius 3 is 2.69 bits per heavy atom. The van der Waals surface area contributed by atoms with E-state index in [0.717, 1.165) is 5.69 Å². The molecule has 1 rings (SSSR count). The van der Waals surface area contributed by atoms with Crippen molar-refractivity contribution < 1.29 is 9.53 Å². The lowest BCUT2D eigenvalue weighted by Gasteiger charge is -2.14. The van der Waals surface area contributed by atoms with E-state index in [1.807, 2.05) is 24.1 Å². The zero-order valence-corrected chi connectivity index (χ0v) is 9.80. The van der Waals surface area contributed by atoms with Gasteiger partial charge in [-0.05, 0) is 26.0 Å². The number of nitrogens with zero attached hydrogens (tertiary/aromatic N) is 2. The number of hydrogen-bond acceptors (Lipinski definition) is 4. The lowest BCUT2D eigenvalue weighted by Crippen LogP contribution is -2.13. The molecule has 0 atom stereocenters. The maximum atomic E-state index is 11.4. The lowest BCUT2D eigenvalue weighted by molar-refractivity contribution is -0.138. The average Bonchev–Trinajstić information content (AvgIpc) is 2.30. The Balaban J connectivity index is 2.73. The van der Waals surface area contributed by atoms with Gasteiger partial charge in [-0.3, -0.25) is 4.98 Å². The third-order valence-corrected chi connectivity index (χ3v) is 2.05. The van der Waals surface area contributed by atoms with Gasteiger partial charge in [-0.1, -0.05) is 0 Å². The van der Waals surface area contributed by atoms with Crippen LogP contribution in [0.25, 0.3) is 0 Å². The number of ether oxygens (including phenoxy) is 1. The summed E-state index contributed by atoms with van der Waals surface area (Å²) >= 11 is 0. The van der Waals surface area contributed by atoms with Gasteiger partial charge in [0, 0.05) is 31.3 Å². The van der Waals surface area contributed by atoms with Crippen molar-refractivity contribution in [1.82, 2.24) is 4.98 Å². The molecule has 0 saturated carbocycles. The molecule has 0 unspecified atom stereocenters. The summed E-state index contributed by atoms with van der Waals surface area (Å²) in [6, 6.07) is 3.74. The van der Waals surface area contributed by atoms with Crippen LogP contribution in [0.4, 0.5) is 5.69 Å². The molecule has 1 aromatic rings. The second-order valence-electron chi connectivity index (χ2n) is 3.35. The van der Waals surface area contributed by atoms with Crippen molar-refractivity contribution in [1.29, 1.82) is 0 Å². The van der Waals surface area contributed by atoms with Crippen molar-refractivity contribution in [3.63, 3.8) is 0 Å². The van der Waals surface area contributed by atoms with Gasteiger partial charge in [-0.2, -0.15) is 0 Å². The second-order valence-corrected chi connectivity index (χ2v) is 3.35. The number of carbonyl (C=O) groups excluding carboxylic acids is 1. The first-order valence-electron chi connectivity index (χ1n) is 5.13. The second kappa shape index (κ2) is 5.90. The highest BCUT2D eigenvalue weighted by Gasteiger charge is 2.06. The maximum Gasteiger partial charge on any atom is 0.335 e. The Bertz CT molecular complexity index is 374. The fourth-order valence-corrected chi connectivity index (χ4v) is 1.24. The topological polar surface area (TPSA) is 42.4 Å². The van der Waals surface area contributed by atoms with Crippen LogP contribution in [0, 0.1) is 0 Å². The number of pyridine rings is 1. The number of anilines is 1. The summed E-state index contributed by atoms with van der Waals surface area (Å²) in [5, 5.41) is 0. The van der Waals surface area contributed by atoms with Gasteiger partial charge in [0.05, 0.1) is 12.2 Å². The zero-order chi connectivity index (χ0) is 12.0. The highest BCUT2D eigenvalue weighted by atomic mass is 16.5. The lowest BCUT2D eigenvalue weighted by atomic mass is 10.3. The Hall–Kier alpha value is -1.84. The van der Waals surface area contributed by atoms with Crippen molar-refractivity contribution in [3.05, 3.63) is 36.3 Å². The summed E-state index contributed by atoms with van der Waals surface area (Å²) in [6.45, 7) is 3.91. The van der Waals surface area contributed by atoms with E-state index < -0.39 is 0 Å². The Kier molecular flexibility index (Phi) is 4.51. The minimum Gasteiger partial charge on any atom is -0.463 e. The van der Waals surface area contributed by atoms with E-state index in [4.69, 9.17) is 4.74 Å². The van der Waals surface area contributed by atoms with E-state index in [-0.39, 0.29) is 5.97 Å². The molecule has 0 fully saturated rings. The molecule has 0 spiro atoms. The van der Waals surface area contributed by atoms with Gasteiger partial charge in [0.15, 0.2) is 0 Å². The largest absolute Gasteiger partial charge is 0.463 e. The van der Waals surface area contributed by atoms with Crippen LogP contribution in [-0.4, -0.2) is 24.6 Å². The van der Waals surface area contributed by atoms with Crippen LogP contribution in [0.2, 0.25) is 0 Å². The van der Waals surface area contributed by atoms with Crippen LogP contribution in [0.1, 0.15) is 13.8 Å². The molecule has 0 aromatic carbocycles. The van der Waals surface area contributed by atoms with Gasteiger partial charge in [0.2, 0.25) is 0 Å². The average molecular weight is 220 g/mol. The molecule has 1 aromatic heterocycles.